The van der Waals surface area contributed by atoms with E-state index in [1.807, 2.05) is 0 Å². The van der Waals surface area contributed by atoms with E-state index in [0.29, 0.717) is 29.2 Å². The predicted octanol–water partition coefficient (Wildman–Crippen LogP) is 1.37. The molecule has 0 radical (unpaired) electrons. The van der Waals surface area contributed by atoms with Gasteiger partial charge in [0.25, 0.3) is 5.91 Å². The van der Waals surface area contributed by atoms with Crippen LogP contribution in [0.2, 0.25) is 0 Å². The van der Waals surface area contributed by atoms with Gasteiger partial charge in [-0.05, 0) is 51.1 Å². The highest BCUT2D eigenvalue weighted by atomic mass is 32.3. The van der Waals surface area contributed by atoms with E-state index >= 15 is 0 Å². The molecule has 1 saturated heterocycles. The third-order valence-corrected chi connectivity index (χ3v) is 12.3. The van der Waals surface area contributed by atoms with Gasteiger partial charge in [0.05, 0.1) is 7.11 Å². The molecule has 0 atom stereocenters. The number of benzene rings is 1. The van der Waals surface area contributed by atoms with E-state index < -0.39 is 36.2 Å². The molecule has 0 unspecified atom stereocenters. The molecule has 2 N–H and O–H groups in total. The lowest BCUT2D eigenvalue weighted by Gasteiger charge is -2.26. The molecule has 13 nitrogen and oxygen atoms in total. The molecule has 0 saturated carbocycles. The van der Waals surface area contributed by atoms with E-state index in [0.717, 1.165) is 39.1 Å². The molecule has 1 aliphatic rings. The Labute approximate surface area is 241 Å². The minimum absolute atomic E-state index is 0.0202. The van der Waals surface area contributed by atoms with Gasteiger partial charge in [0.1, 0.15) is 18.5 Å². The van der Waals surface area contributed by atoms with Gasteiger partial charge in [-0.25, -0.2) is 26.8 Å². The molecule has 15 heteroatoms. The first-order valence-corrected chi connectivity index (χ1v) is 16.8. The van der Waals surface area contributed by atoms with Crippen molar-refractivity contribution >= 4 is 31.4 Å². The maximum atomic E-state index is 13.0. The Kier molecular flexibility index (Phi) is 10.5. The van der Waals surface area contributed by atoms with Gasteiger partial charge in [-0.1, -0.05) is 6.42 Å². The Morgan fingerprint density at radius 2 is 1.80 bits per heavy atom. The Balaban J connectivity index is 1.73. The van der Waals surface area contributed by atoms with Crippen LogP contribution < -0.4 is 20.1 Å². The number of ether oxygens (including phenoxy) is 2. The lowest BCUT2D eigenvalue weighted by atomic mass is 10.1. The van der Waals surface area contributed by atoms with Gasteiger partial charge in [0.15, 0.2) is 35.3 Å². The summed E-state index contributed by atoms with van der Waals surface area (Å²) in [7, 11) is -6.60. The Hall–Kier alpha value is -3.48. The maximum Gasteiger partial charge on any atom is 0.251 e. The van der Waals surface area contributed by atoms with Crippen molar-refractivity contribution in [2.24, 2.45) is 0 Å². The van der Waals surface area contributed by atoms with Crippen molar-refractivity contribution in [1.29, 1.82) is 5.26 Å². The zero-order chi connectivity index (χ0) is 30.3. The number of carbonyl (C=O) groups excluding carboxylic acids is 1. The van der Waals surface area contributed by atoms with Crippen LogP contribution in [0, 0.1) is 11.3 Å². The second kappa shape index (κ2) is 13.5. The molecule has 0 spiro atoms. The first-order chi connectivity index (χ1) is 19.3. The van der Waals surface area contributed by atoms with Crippen molar-refractivity contribution < 1.29 is 31.1 Å². The van der Waals surface area contributed by atoms with Crippen LogP contribution in [-0.2, 0) is 26.2 Å². The summed E-state index contributed by atoms with van der Waals surface area (Å²) >= 11 is 0. The SMILES string of the molecule is COc1ccc(C(=O)NCc2cnc(C#N)nc2NCC(C)(S(C)(=O)=O)S(C)(=O)=O)cc1OCCN1CCCCC1. The highest BCUT2D eigenvalue weighted by Gasteiger charge is 2.46. The fourth-order valence-corrected chi connectivity index (χ4v) is 7.07. The molecule has 0 bridgehead atoms. The third-order valence-electron chi connectivity index (χ3n) is 7.09. The van der Waals surface area contributed by atoms with Gasteiger partial charge >= 0.3 is 0 Å². The number of nitrogens with one attached hydrogen (secondary N) is 2. The van der Waals surface area contributed by atoms with E-state index in [2.05, 4.69) is 25.5 Å². The zero-order valence-electron chi connectivity index (χ0n) is 23.6. The van der Waals surface area contributed by atoms with E-state index in [-0.39, 0.29) is 18.2 Å². The predicted molar refractivity (Wildman–Crippen MR) is 153 cm³/mol. The van der Waals surface area contributed by atoms with Crippen molar-refractivity contribution in [2.45, 2.75) is 36.8 Å². The molecular formula is C26H36N6O7S2. The molecule has 2 heterocycles. The Morgan fingerprint density at radius 1 is 1.12 bits per heavy atom. The molecular weight excluding hydrogens is 572 g/mol. The van der Waals surface area contributed by atoms with Crippen LogP contribution in [0.5, 0.6) is 11.5 Å². The van der Waals surface area contributed by atoms with Gasteiger partial charge in [0.2, 0.25) is 5.82 Å². The number of sulfone groups is 2. The van der Waals surface area contributed by atoms with E-state index in [1.54, 1.807) is 24.3 Å². The van der Waals surface area contributed by atoms with Crippen molar-refractivity contribution in [3.05, 3.63) is 41.3 Å². The molecule has 1 fully saturated rings. The number of nitriles is 1. The largest absolute Gasteiger partial charge is 0.493 e. The van der Waals surface area contributed by atoms with E-state index in [9.17, 15) is 26.9 Å². The maximum absolute atomic E-state index is 13.0. The van der Waals surface area contributed by atoms with Crippen LogP contribution in [0.3, 0.4) is 0 Å². The number of amides is 1. The van der Waals surface area contributed by atoms with Crippen molar-refractivity contribution in [3.63, 3.8) is 0 Å². The molecule has 1 aliphatic heterocycles. The van der Waals surface area contributed by atoms with Crippen LogP contribution in [0.25, 0.3) is 0 Å². The number of anilines is 1. The summed E-state index contributed by atoms with van der Waals surface area (Å²) in [4.78, 5) is 23.3. The van der Waals surface area contributed by atoms with Gasteiger partial charge in [-0.3, -0.25) is 9.69 Å². The molecule has 224 valence electrons. The minimum Gasteiger partial charge on any atom is -0.493 e. The standard InChI is InChI=1S/C26H36N6O7S2/c1-26(40(3,34)35,41(4,36)37)18-30-24-20(16-28-23(15-27)31-24)17-29-25(33)19-8-9-21(38-2)22(14-19)39-13-12-32-10-6-5-7-11-32/h8-9,14,16H,5-7,10-13,17-18H2,1-4H3,(H,29,33)(H,28,30,31). The lowest BCUT2D eigenvalue weighted by Crippen LogP contribution is -2.48. The number of aromatic nitrogens is 2. The number of hydrogen-bond acceptors (Lipinski definition) is 12. The minimum atomic E-state index is -4.06. The van der Waals surface area contributed by atoms with Crippen LogP contribution in [0.4, 0.5) is 5.82 Å². The Bertz CT molecular complexity index is 1470. The number of piperidine rings is 1. The number of likely N-dealkylation sites (tertiary alicyclic amines) is 1. The van der Waals surface area contributed by atoms with Crippen molar-refractivity contribution in [2.75, 3.05) is 57.7 Å². The lowest BCUT2D eigenvalue weighted by molar-refractivity contribution is 0.0950. The molecule has 1 amide bonds. The monoisotopic (exact) mass is 608 g/mol. The van der Waals surface area contributed by atoms with Crippen LogP contribution in [0.1, 0.15) is 47.9 Å². The summed E-state index contributed by atoms with van der Waals surface area (Å²) in [5, 5.41) is 14.7. The summed E-state index contributed by atoms with van der Waals surface area (Å²) in [6.45, 7) is 3.75. The number of rotatable bonds is 13. The summed E-state index contributed by atoms with van der Waals surface area (Å²) in [6, 6.07) is 6.59. The second-order valence-corrected chi connectivity index (χ2v) is 15.2. The number of methoxy groups -OCH3 is 1. The van der Waals surface area contributed by atoms with Crippen LogP contribution >= 0.6 is 0 Å². The zero-order valence-corrected chi connectivity index (χ0v) is 25.3. The van der Waals surface area contributed by atoms with E-state index in [4.69, 9.17) is 9.47 Å². The molecule has 2 aromatic rings. The van der Waals surface area contributed by atoms with Crippen LogP contribution in [0.15, 0.2) is 24.4 Å². The third kappa shape index (κ3) is 8.05. The van der Waals surface area contributed by atoms with Gasteiger partial charge < -0.3 is 20.1 Å². The number of hydrogen-bond donors (Lipinski definition) is 2. The molecule has 3 rings (SSSR count). The first-order valence-electron chi connectivity index (χ1n) is 13.0. The van der Waals surface area contributed by atoms with E-state index in [1.165, 1.54) is 32.6 Å². The summed E-state index contributed by atoms with van der Waals surface area (Å²) in [5.74, 6) is 0.284. The average Bonchev–Trinajstić information content (AvgIpc) is 2.94. The molecule has 1 aromatic carbocycles. The van der Waals surface area contributed by atoms with Gasteiger partial charge in [0, 0.05) is 49.5 Å². The molecule has 1 aromatic heterocycles. The van der Waals surface area contributed by atoms with Gasteiger partial charge in [-0.2, -0.15) is 5.26 Å². The number of nitrogens with zero attached hydrogens (tertiary/aromatic N) is 4. The highest BCUT2D eigenvalue weighted by Crippen LogP contribution is 2.28. The molecule has 0 aliphatic carbocycles. The van der Waals surface area contributed by atoms with Crippen molar-refractivity contribution in [3.8, 4) is 17.6 Å². The fourth-order valence-electron chi connectivity index (χ4n) is 4.20. The first kappa shape index (κ1) is 32.0. The van der Waals surface area contributed by atoms with Crippen molar-refractivity contribution in [1.82, 2.24) is 20.2 Å². The number of carbonyl (C=O) groups is 1. The average molecular weight is 609 g/mol. The Morgan fingerprint density at radius 3 is 2.41 bits per heavy atom. The fraction of sp³-hybridized carbons (Fsp3) is 0.538. The van der Waals surface area contributed by atoms with Gasteiger partial charge in [-0.15, -0.1) is 0 Å². The van der Waals surface area contributed by atoms with Crippen LogP contribution in [-0.4, -0.2) is 94.1 Å². The quantitative estimate of drug-likeness (QED) is 0.334. The molecule has 41 heavy (non-hydrogen) atoms. The smallest absolute Gasteiger partial charge is 0.251 e. The highest BCUT2D eigenvalue weighted by molar-refractivity contribution is 8.09. The second-order valence-electron chi connectivity index (χ2n) is 10.0. The summed E-state index contributed by atoms with van der Waals surface area (Å²) in [5.41, 5.74) is 0.623. The summed E-state index contributed by atoms with van der Waals surface area (Å²) in [6.07, 6.45) is 6.56. The summed E-state index contributed by atoms with van der Waals surface area (Å²) < 4.78 is 58.5. The normalized spacial score (nSPS) is 14.6. The topological polar surface area (TPSA) is 181 Å².